The molecule has 0 spiro atoms. The molecular weight excluding hydrogens is 310 g/mol. The first-order valence-electron chi connectivity index (χ1n) is 8.30. The first-order valence-corrected chi connectivity index (χ1v) is 8.30. The van der Waals surface area contributed by atoms with Gasteiger partial charge < -0.3 is 10.1 Å². The fourth-order valence-corrected chi connectivity index (χ4v) is 2.82. The van der Waals surface area contributed by atoms with Gasteiger partial charge in [-0.15, -0.1) is 0 Å². The van der Waals surface area contributed by atoms with Crippen LogP contribution in [0.3, 0.4) is 0 Å². The van der Waals surface area contributed by atoms with Crippen molar-refractivity contribution in [2.24, 2.45) is 0 Å². The lowest BCUT2D eigenvalue weighted by molar-refractivity contribution is 0.0976. The van der Waals surface area contributed by atoms with Gasteiger partial charge in [-0.05, 0) is 17.7 Å². The molecule has 1 atom stereocenters. The summed E-state index contributed by atoms with van der Waals surface area (Å²) in [6.07, 6.45) is 0.367. The molecule has 3 aromatic rings. The zero-order valence-corrected chi connectivity index (χ0v) is 14.2. The molecule has 0 radical (unpaired) electrons. The van der Waals surface area contributed by atoms with Crippen LogP contribution in [0.2, 0.25) is 0 Å². The van der Waals surface area contributed by atoms with Crippen LogP contribution in [0.5, 0.6) is 5.75 Å². The van der Waals surface area contributed by atoms with Crippen LogP contribution in [0.1, 0.15) is 28.4 Å². The molecule has 0 aliphatic carbocycles. The number of rotatable bonds is 7. The van der Waals surface area contributed by atoms with E-state index in [2.05, 4.69) is 5.32 Å². The lowest BCUT2D eigenvalue weighted by atomic mass is 9.97. The van der Waals surface area contributed by atoms with Gasteiger partial charge in [0.25, 0.3) is 0 Å². The van der Waals surface area contributed by atoms with Gasteiger partial charge in [-0.3, -0.25) is 4.79 Å². The van der Waals surface area contributed by atoms with Gasteiger partial charge in [-0.25, -0.2) is 0 Å². The smallest absolute Gasteiger partial charge is 0.165 e. The summed E-state index contributed by atoms with van der Waals surface area (Å²) in [5.41, 5.74) is 2.67. The van der Waals surface area contributed by atoms with Crippen molar-refractivity contribution in [3.8, 4) is 5.75 Å². The summed E-state index contributed by atoms with van der Waals surface area (Å²) in [5.74, 6) is 0.868. The van der Waals surface area contributed by atoms with Gasteiger partial charge in [-0.1, -0.05) is 72.8 Å². The van der Waals surface area contributed by atoms with Crippen molar-refractivity contribution in [2.45, 2.75) is 12.5 Å². The predicted octanol–water partition coefficient (Wildman–Crippen LogP) is 5.12. The van der Waals surface area contributed by atoms with Crippen molar-refractivity contribution in [2.75, 3.05) is 12.4 Å². The van der Waals surface area contributed by atoms with Gasteiger partial charge >= 0.3 is 0 Å². The monoisotopic (exact) mass is 331 g/mol. The van der Waals surface area contributed by atoms with E-state index in [1.54, 1.807) is 7.11 Å². The van der Waals surface area contributed by atoms with Crippen molar-refractivity contribution in [1.82, 2.24) is 0 Å². The lowest BCUT2D eigenvalue weighted by Gasteiger charge is -2.21. The molecule has 1 unspecified atom stereocenters. The number of ether oxygens (including phenoxy) is 1. The summed E-state index contributed by atoms with van der Waals surface area (Å²) >= 11 is 0. The summed E-state index contributed by atoms with van der Waals surface area (Å²) in [6.45, 7) is 0. The third kappa shape index (κ3) is 4.27. The number of hydrogen-bond acceptors (Lipinski definition) is 3. The van der Waals surface area contributed by atoms with E-state index in [-0.39, 0.29) is 11.8 Å². The molecule has 0 aromatic heterocycles. The molecule has 3 heteroatoms. The molecule has 0 aliphatic heterocycles. The second-order valence-corrected chi connectivity index (χ2v) is 5.80. The van der Waals surface area contributed by atoms with Gasteiger partial charge in [0.15, 0.2) is 5.78 Å². The molecule has 0 saturated carbocycles. The fourth-order valence-electron chi connectivity index (χ4n) is 2.82. The van der Waals surface area contributed by atoms with Crippen LogP contribution in [0.4, 0.5) is 5.69 Å². The van der Waals surface area contributed by atoms with Crippen molar-refractivity contribution < 1.29 is 9.53 Å². The molecule has 126 valence electrons. The molecule has 0 heterocycles. The maximum absolute atomic E-state index is 12.7. The average molecular weight is 331 g/mol. The maximum atomic E-state index is 12.7. The number of carbonyl (C=O) groups excluding carboxylic acids is 1. The van der Waals surface area contributed by atoms with Gasteiger partial charge in [0.05, 0.1) is 18.8 Å². The molecule has 0 fully saturated rings. The van der Waals surface area contributed by atoms with Crippen LogP contribution in [0.15, 0.2) is 84.9 Å². The number of hydrogen-bond donors (Lipinski definition) is 1. The van der Waals surface area contributed by atoms with Crippen molar-refractivity contribution in [1.29, 1.82) is 0 Å². The molecule has 3 aromatic carbocycles. The minimum Gasteiger partial charge on any atom is -0.495 e. The Morgan fingerprint density at radius 2 is 1.48 bits per heavy atom. The molecular formula is C22H21NO2. The molecule has 25 heavy (non-hydrogen) atoms. The van der Waals surface area contributed by atoms with Gasteiger partial charge in [0.1, 0.15) is 5.75 Å². The molecule has 0 amide bonds. The Bertz CT molecular complexity index is 816. The highest BCUT2D eigenvalue weighted by Crippen LogP contribution is 2.30. The minimum atomic E-state index is -0.134. The van der Waals surface area contributed by atoms with Gasteiger partial charge in [0.2, 0.25) is 0 Å². The number of para-hydroxylation sites is 2. The molecule has 3 rings (SSSR count). The Morgan fingerprint density at radius 3 is 2.16 bits per heavy atom. The largest absolute Gasteiger partial charge is 0.495 e. The van der Waals surface area contributed by atoms with E-state index in [0.717, 1.165) is 22.6 Å². The molecule has 3 nitrogen and oxygen atoms in total. The highest BCUT2D eigenvalue weighted by atomic mass is 16.5. The summed E-state index contributed by atoms with van der Waals surface area (Å²) in [5, 5.41) is 3.47. The van der Waals surface area contributed by atoms with Crippen LogP contribution >= 0.6 is 0 Å². The zero-order chi connectivity index (χ0) is 17.5. The summed E-state index contributed by atoms with van der Waals surface area (Å²) in [7, 11) is 1.65. The van der Waals surface area contributed by atoms with E-state index < -0.39 is 0 Å². The normalized spacial score (nSPS) is 11.6. The van der Waals surface area contributed by atoms with E-state index in [0.29, 0.717) is 6.42 Å². The van der Waals surface area contributed by atoms with E-state index in [9.17, 15) is 4.79 Å². The SMILES string of the molecule is COc1ccccc1NC(CC(=O)c1ccccc1)c1ccccc1. The number of carbonyl (C=O) groups is 1. The summed E-state index contributed by atoms with van der Waals surface area (Å²) < 4.78 is 5.42. The minimum absolute atomic E-state index is 0.108. The Morgan fingerprint density at radius 1 is 0.880 bits per heavy atom. The summed E-state index contributed by atoms with van der Waals surface area (Å²) in [4.78, 5) is 12.7. The van der Waals surface area contributed by atoms with E-state index in [1.165, 1.54) is 0 Å². The quantitative estimate of drug-likeness (QED) is 0.611. The lowest BCUT2D eigenvalue weighted by Crippen LogP contribution is -2.16. The van der Waals surface area contributed by atoms with E-state index >= 15 is 0 Å². The predicted molar refractivity (Wildman–Crippen MR) is 101 cm³/mol. The topological polar surface area (TPSA) is 38.3 Å². The second-order valence-electron chi connectivity index (χ2n) is 5.80. The number of anilines is 1. The standard InChI is InChI=1S/C22H21NO2/c1-25-22-15-9-8-14-19(22)23-20(17-10-4-2-5-11-17)16-21(24)18-12-6-3-7-13-18/h2-15,20,23H,16H2,1H3. The number of Topliss-reactive ketones (excluding diaryl/α,β-unsaturated/α-hetero) is 1. The number of benzene rings is 3. The fraction of sp³-hybridized carbons (Fsp3) is 0.136. The maximum Gasteiger partial charge on any atom is 0.165 e. The van der Waals surface area contributed by atoms with E-state index in [4.69, 9.17) is 4.74 Å². The third-order valence-electron chi connectivity index (χ3n) is 4.12. The van der Waals surface area contributed by atoms with Crippen molar-refractivity contribution in [3.05, 3.63) is 96.1 Å². The zero-order valence-electron chi connectivity index (χ0n) is 14.2. The molecule has 1 N–H and O–H groups in total. The molecule has 0 bridgehead atoms. The van der Waals surface area contributed by atoms with E-state index in [1.807, 2.05) is 84.9 Å². The molecule has 0 aliphatic rings. The number of nitrogens with one attached hydrogen (secondary N) is 1. The van der Waals surface area contributed by atoms with Gasteiger partial charge in [-0.2, -0.15) is 0 Å². The Balaban J connectivity index is 1.87. The highest BCUT2D eigenvalue weighted by Gasteiger charge is 2.18. The Kier molecular flexibility index (Phi) is 5.47. The Labute approximate surface area is 148 Å². The first kappa shape index (κ1) is 16.8. The Hall–Kier alpha value is -3.07. The van der Waals surface area contributed by atoms with Crippen LogP contribution in [-0.2, 0) is 0 Å². The number of methoxy groups -OCH3 is 1. The van der Waals surface area contributed by atoms with Gasteiger partial charge in [0, 0.05) is 12.0 Å². The number of ketones is 1. The van der Waals surface area contributed by atoms with Crippen LogP contribution in [0.25, 0.3) is 0 Å². The van der Waals surface area contributed by atoms with Crippen LogP contribution < -0.4 is 10.1 Å². The van der Waals surface area contributed by atoms with Crippen molar-refractivity contribution in [3.63, 3.8) is 0 Å². The average Bonchev–Trinajstić information content (AvgIpc) is 2.69. The molecule has 0 saturated heterocycles. The summed E-state index contributed by atoms with van der Waals surface area (Å²) in [6, 6.07) is 27.0. The van der Waals surface area contributed by atoms with Crippen molar-refractivity contribution >= 4 is 11.5 Å². The highest BCUT2D eigenvalue weighted by molar-refractivity contribution is 5.96. The first-order chi connectivity index (χ1) is 12.3. The third-order valence-corrected chi connectivity index (χ3v) is 4.12. The van der Waals surface area contributed by atoms with Crippen LogP contribution in [0, 0.1) is 0 Å². The second kappa shape index (κ2) is 8.15. The van der Waals surface area contributed by atoms with Crippen LogP contribution in [-0.4, -0.2) is 12.9 Å².